The highest BCUT2D eigenvalue weighted by Crippen LogP contribution is 2.22. The molecule has 2 rings (SSSR count). The smallest absolute Gasteiger partial charge is 0.352 e. The van der Waals surface area contributed by atoms with Crippen LogP contribution in [0, 0.1) is 6.92 Å². The van der Waals surface area contributed by atoms with Crippen molar-refractivity contribution in [2.75, 3.05) is 0 Å². The molecule has 0 amide bonds. The molecule has 0 saturated carbocycles. The number of para-hydroxylation sites is 1. The lowest BCUT2D eigenvalue weighted by Crippen LogP contribution is -2.09. The molecule has 1 aromatic heterocycles. The summed E-state index contributed by atoms with van der Waals surface area (Å²) in [7, 11) is -3.81. The molecule has 1 aromatic carbocycles. The van der Waals surface area contributed by atoms with Crippen molar-refractivity contribution in [1.29, 1.82) is 0 Å². The van der Waals surface area contributed by atoms with Crippen LogP contribution < -0.4 is 4.18 Å². The van der Waals surface area contributed by atoms with Gasteiger partial charge in [-0.25, -0.2) is 0 Å². The second kappa shape index (κ2) is 4.18. The molecular weight excluding hydrogens is 248 g/mol. The SMILES string of the molecule is Cc1nnsc1S(=O)(=O)Oc1ccccc1. The zero-order chi connectivity index (χ0) is 11.6. The molecule has 16 heavy (non-hydrogen) atoms. The molecule has 0 saturated heterocycles. The minimum absolute atomic E-state index is 0.0383. The molecule has 84 valence electrons. The quantitative estimate of drug-likeness (QED) is 0.780. The third-order valence-corrected chi connectivity index (χ3v) is 4.41. The van der Waals surface area contributed by atoms with Gasteiger partial charge in [-0.05, 0) is 19.1 Å². The van der Waals surface area contributed by atoms with Gasteiger partial charge in [0.25, 0.3) is 0 Å². The number of aromatic nitrogens is 2. The summed E-state index contributed by atoms with van der Waals surface area (Å²) in [6.45, 7) is 1.57. The summed E-state index contributed by atoms with van der Waals surface area (Å²) in [5.74, 6) is 0.273. The monoisotopic (exact) mass is 256 g/mol. The van der Waals surface area contributed by atoms with Crippen molar-refractivity contribution < 1.29 is 12.6 Å². The molecule has 0 aliphatic heterocycles. The molecular formula is C9H8N2O3S2. The summed E-state index contributed by atoms with van der Waals surface area (Å²) in [5.41, 5.74) is 0.348. The Morgan fingerprint density at radius 1 is 1.25 bits per heavy atom. The van der Waals surface area contributed by atoms with E-state index in [4.69, 9.17) is 4.18 Å². The minimum atomic E-state index is -3.81. The van der Waals surface area contributed by atoms with Crippen LogP contribution in [0.3, 0.4) is 0 Å². The summed E-state index contributed by atoms with van der Waals surface area (Å²) in [6, 6.07) is 8.31. The summed E-state index contributed by atoms with van der Waals surface area (Å²) in [6.07, 6.45) is 0. The van der Waals surface area contributed by atoms with Crippen molar-refractivity contribution in [3.8, 4) is 5.75 Å². The molecule has 0 fully saturated rings. The van der Waals surface area contributed by atoms with Gasteiger partial charge in [-0.3, -0.25) is 0 Å². The lowest BCUT2D eigenvalue weighted by molar-refractivity contribution is 0.487. The molecule has 0 unspecified atom stereocenters. The topological polar surface area (TPSA) is 69.2 Å². The predicted octanol–water partition coefficient (Wildman–Crippen LogP) is 1.61. The number of hydrogen-bond acceptors (Lipinski definition) is 6. The maximum atomic E-state index is 11.8. The van der Waals surface area contributed by atoms with E-state index >= 15 is 0 Å². The molecule has 0 N–H and O–H groups in total. The first-order valence-electron chi connectivity index (χ1n) is 4.38. The third kappa shape index (κ3) is 2.20. The predicted molar refractivity (Wildman–Crippen MR) is 58.9 cm³/mol. The minimum Gasteiger partial charge on any atom is -0.378 e. The van der Waals surface area contributed by atoms with E-state index in [9.17, 15) is 8.42 Å². The standard InChI is InChI=1S/C9H8N2O3S2/c1-7-9(15-11-10-7)16(12,13)14-8-5-3-2-4-6-8/h2-6H,1H3. The molecule has 5 nitrogen and oxygen atoms in total. The van der Waals surface area contributed by atoms with E-state index in [0.29, 0.717) is 5.69 Å². The second-order valence-corrected chi connectivity index (χ2v) is 5.49. The molecule has 0 atom stereocenters. The van der Waals surface area contributed by atoms with Crippen molar-refractivity contribution in [2.45, 2.75) is 11.1 Å². The molecule has 0 aliphatic rings. The van der Waals surface area contributed by atoms with Crippen molar-refractivity contribution in [2.24, 2.45) is 0 Å². The van der Waals surface area contributed by atoms with Crippen LogP contribution >= 0.6 is 11.5 Å². The van der Waals surface area contributed by atoms with E-state index in [2.05, 4.69) is 9.59 Å². The van der Waals surface area contributed by atoms with Gasteiger partial charge in [-0.1, -0.05) is 22.7 Å². The van der Waals surface area contributed by atoms with Gasteiger partial charge in [0.05, 0.1) is 5.69 Å². The molecule has 7 heteroatoms. The van der Waals surface area contributed by atoms with E-state index in [0.717, 1.165) is 11.5 Å². The van der Waals surface area contributed by atoms with Gasteiger partial charge in [0.1, 0.15) is 5.75 Å². The highest BCUT2D eigenvalue weighted by molar-refractivity contribution is 7.89. The van der Waals surface area contributed by atoms with E-state index in [-0.39, 0.29) is 9.96 Å². The molecule has 2 aromatic rings. The van der Waals surface area contributed by atoms with E-state index in [1.165, 1.54) is 0 Å². The van der Waals surface area contributed by atoms with Crippen molar-refractivity contribution in [3.63, 3.8) is 0 Å². The summed E-state index contributed by atoms with van der Waals surface area (Å²) < 4.78 is 32.1. The Morgan fingerprint density at radius 2 is 1.94 bits per heavy atom. The van der Waals surface area contributed by atoms with Crippen LogP contribution in [-0.2, 0) is 10.1 Å². The Bertz CT molecular complexity index is 578. The zero-order valence-corrected chi connectivity index (χ0v) is 9.96. The molecule has 1 heterocycles. The van der Waals surface area contributed by atoms with Gasteiger partial charge >= 0.3 is 10.1 Å². The van der Waals surface area contributed by atoms with Crippen molar-refractivity contribution in [3.05, 3.63) is 36.0 Å². The first-order valence-corrected chi connectivity index (χ1v) is 6.56. The maximum Gasteiger partial charge on any atom is 0.352 e. The van der Waals surface area contributed by atoms with Gasteiger partial charge in [-0.15, -0.1) is 5.10 Å². The number of benzene rings is 1. The number of rotatable bonds is 3. The second-order valence-electron chi connectivity index (χ2n) is 3.00. The fourth-order valence-electron chi connectivity index (χ4n) is 1.09. The van der Waals surface area contributed by atoms with Crippen LogP contribution in [0.25, 0.3) is 0 Å². The van der Waals surface area contributed by atoms with E-state index < -0.39 is 10.1 Å². The van der Waals surface area contributed by atoms with Gasteiger partial charge in [0.15, 0.2) is 0 Å². The first-order chi connectivity index (χ1) is 7.59. The number of aryl methyl sites for hydroxylation is 1. The van der Waals surface area contributed by atoms with Crippen LogP contribution in [0.5, 0.6) is 5.75 Å². The van der Waals surface area contributed by atoms with E-state index in [1.807, 2.05) is 0 Å². The maximum absolute atomic E-state index is 11.8. The van der Waals surface area contributed by atoms with Crippen LogP contribution in [0.1, 0.15) is 5.69 Å². The van der Waals surface area contributed by atoms with Crippen LogP contribution in [0.4, 0.5) is 0 Å². The van der Waals surface area contributed by atoms with Crippen LogP contribution in [-0.4, -0.2) is 18.0 Å². The fourth-order valence-corrected chi connectivity index (χ4v) is 2.91. The lowest BCUT2D eigenvalue weighted by atomic mass is 10.3. The third-order valence-electron chi connectivity index (χ3n) is 1.79. The molecule has 0 radical (unpaired) electrons. The van der Waals surface area contributed by atoms with Crippen molar-refractivity contribution in [1.82, 2.24) is 9.59 Å². The van der Waals surface area contributed by atoms with Gasteiger partial charge in [-0.2, -0.15) is 8.42 Å². The molecule has 0 bridgehead atoms. The van der Waals surface area contributed by atoms with Gasteiger partial charge in [0, 0.05) is 11.5 Å². The first kappa shape index (κ1) is 11.0. The normalized spacial score (nSPS) is 11.3. The Hall–Kier alpha value is -1.47. The Morgan fingerprint density at radius 3 is 2.50 bits per heavy atom. The van der Waals surface area contributed by atoms with Crippen LogP contribution in [0.15, 0.2) is 34.5 Å². The molecule has 0 aliphatic carbocycles. The highest BCUT2D eigenvalue weighted by atomic mass is 32.3. The lowest BCUT2D eigenvalue weighted by Gasteiger charge is -2.04. The summed E-state index contributed by atoms with van der Waals surface area (Å²) >= 11 is 0.802. The molecule has 0 spiro atoms. The Kier molecular flexibility index (Phi) is 2.88. The van der Waals surface area contributed by atoms with Gasteiger partial charge in [0.2, 0.25) is 4.21 Å². The average Bonchev–Trinajstić information content (AvgIpc) is 2.66. The summed E-state index contributed by atoms with van der Waals surface area (Å²) in [5, 5.41) is 3.63. The highest BCUT2D eigenvalue weighted by Gasteiger charge is 2.22. The number of hydrogen-bond donors (Lipinski definition) is 0. The zero-order valence-electron chi connectivity index (χ0n) is 8.32. The van der Waals surface area contributed by atoms with Gasteiger partial charge < -0.3 is 4.18 Å². The number of nitrogens with zero attached hydrogens (tertiary/aromatic N) is 2. The largest absolute Gasteiger partial charge is 0.378 e. The van der Waals surface area contributed by atoms with Crippen LogP contribution in [0.2, 0.25) is 0 Å². The average molecular weight is 256 g/mol. The Labute approximate surface area is 97.0 Å². The summed E-state index contributed by atoms with van der Waals surface area (Å²) in [4.78, 5) is 0. The Balaban J connectivity index is 2.32. The van der Waals surface area contributed by atoms with E-state index in [1.54, 1.807) is 37.3 Å². The van der Waals surface area contributed by atoms with Crippen molar-refractivity contribution >= 4 is 21.7 Å². The fraction of sp³-hybridized carbons (Fsp3) is 0.111.